The molecule has 0 aliphatic carbocycles. The van der Waals surface area contributed by atoms with Gasteiger partial charge in [0.25, 0.3) is 0 Å². The SMILES string of the molecule is CCOC(=O)NN=C(C)c1ccccc1OC(F)F. The van der Waals surface area contributed by atoms with E-state index in [2.05, 4.69) is 20.0 Å². The first-order chi connectivity index (χ1) is 9.04. The summed E-state index contributed by atoms with van der Waals surface area (Å²) in [5.41, 5.74) is 2.83. The van der Waals surface area contributed by atoms with E-state index in [-0.39, 0.29) is 12.4 Å². The maximum atomic E-state index is 12.2. The third-order valence-corrected chi connectivity index (χ3v) is 2.08. The zero-order valence-electron chi connectivity index (χ0n) is 10.5. The molecule has 19 heavy (non-hydrogen) atoms. The summed E-state index contributed by atoms with van der Waals surface area (Å²) in [5, 5.41) is 3.75. The summed E-state index contributed by atoms with van der Waals surface area (Å²) >= 11 is 0. The van der Waals surface area contributed by atoms with Gasteiger partial charge in [-0.1, -0.05) is 12.1 Å². The molecule has 0 bridgehead atoms. The Balaban J connectivity index is 2.83. The predicted octanol–water partition coefficient (Wildman–Crippen LogP) is 2.76. The van der Waals surface area contributed by atoms with Crippen LogP contribution in [0.25, 0.3) is 0 Å². The molecule has 104 valence electrons. The number of nitrogens with zero attached hydrogens (tertiary/aromatic N) is 1. The number of hydrogen-bond donors (Lipinski definition) is 1. The molecule has 0 radical (unpaired) electrons. The van der Waals surface area contributed by atoms with Gasteiger partial charge in [0, 0.05) is 5.56 Å². The Morgan fingerprint density at radius 2 is 2.11 bits per heavy atom. The van der Waals surface area contributed by atoms with Crippen LogP contribution in [0.1, 0.15) is 19.4 Å². The Morgan fingerprint density at radius 3 is 2.74 bits per heavy atom. The van der Waals surface area contributed by atoms with Crippen LogP contribution in [0, 0.1) is 0 Å². The summed E-state index contributed by atoms with van der Waals surface area (Å²) in [6.45, 7) is 0.500. The van der Waals surface area contributed by atoms with Gasteiger partial charge >= 0.3 is 12.7 Å². The van der Waals surface area contributed by atoms with Crippen LogP contribution in [-0.4, -0.2) is 25.0 Å². The fourth-order valence-corrected chi connectivity index (χ4v) is 1.32. The van der Waals surface area contributed by atoms with Crippen LogP contribution in [0.2, 0.25) is 0 Å². The van der Waals surface area contributed by atoms with Crippen molar-refractivity contribution in [3.63, 3.8) is 0 Å². The van der Waals surface area contributed by atoms with Crippen LogP contribution in [-0.2, 0) is 4.74 Å². The lowest BCUT2D eigenvalue weighted by molar-refractivity contribution is -0.0499. The first-order valence-corrected chi connectivity index (χ1v) is 5.55. The lowest BCUT2D eigenvalue weighted by Gasteiger charge is -2.10. The highest BCUT2D eigenvalue weighted by Gasteiger charge is 2.11. The van der Waals surface area contributed by atoms with Gasteiger partial charge in [-0.3, -0.25) is 0 Å². The van der Waals surface area contributed by atoms with E-state index in [1.54, 1.807) is 32.0 Å². The minimum Gasteiger partial charge on any atom is -0.449 e. The molecule has 5 nitrogen and oxygen atoms in total. The summed E-state index contributed by atoms with van der Waals surface area (Å²) in [4.78, 5) is 11.0. The van der Waals surface area contributed by atoms with Crippen LogP contribution in [0.3, 0.4) is 0 Å². The molecule has 0 saturated heterocycles. The molecule has 0 atom stereocenters. The summed E-state index contributed by atoms with van der Waals surface area (Å²) in [6, 6.07) is 6.17. The smallest absolute Gasteiger partial charge is 0.427 e. The number of carbonyl (C=O) groups excluding carboxylic acids is 1. The standard InChI is InChI=1S/C12H14F2N2O3/c1-3-18-12(17)16-15-8(2)9-6-4-5-7-10(9)19-11(13)14/h4-7,11H,3H2,1-2H3,(H,16,17). The van der Waals surface area contributed by atoms with Gasteiger partial charge < -0.3 is 9.47 Å². The third-order valence-electron chi connectivity index (χ3n) is 2.08. The molecule has 0 fully saturated rings. The Morgan fingerprint density at radius 1 is 1.42 bits per heavy atom. The van der Waals surface area contributed by atoms with Crippen molar-refractivity contribution in [1.82, 2.24) is 5.43 Å². The normalized spacial score (nSPS) is 11.3. The second-order valence-corrected chi connectivity index (χ2v) is 3.40. The number of nitrogens with one attached hydrogen (secondary N) is 1. The Labute approximate surface area is 109 Å². The predicted molar refractivity (Wildman–Crippen MR) is 65.4 cm³/mol. The summed E-state index contributed by atoms with van der Waals surface area (Å²) in [5.74, 6) is -0.00981. The first kappa shape index (κ1) is 14.9. The maximum absolute atomic E-state index is 12.2. The van der Waals surface area contributed by atoms with Crippen LogP contribution < -0.4 is 10.2 Å². The molecule has 0 saturated carbocycles. The van der Waals surface area contributed by atoms with E-state index >= 15 is 0 Å². The molecule has 7 heteroatoms. The molecule has 0 heterocycles. The molecular formula is C12H14F2N2O3. The van der Waals surface area contributed by atoms with Gasteiger partial charge in [0.05, 0.1) is 12.3 Å². The monoisotopic (exact) mass is 272 g/mol. The van der Waals surface area contributed by atoms with E-state index in [1.807, 2.05) is 0 Å². The fraction of sp³-hybridized carbons (Fsp3) is 0.333. The van der Waals surface area contributed by atoms with Gasteiger partial charge in [-0.2, -0.15) is 13.9 Å². The van der Waals surface area contributed by atoms with E-state index in [0.717, 1.165) is 0 Å². The lowest BCUT2D eigenvalue weighted by Crippen LogP contribution is -2.20. The zero-order chi connectivity index (χ0) is 14.3. The van der Waals surface area contributed by atoms with E-state index in [4.69, 9.17) is 0 Å². The van der Waals surface area contributed by atoms with Gasteiger partial charge in [0.1, 0.15) is 5.75 Å². The molecule has 1 N–H and O–H groups in total. The Hall–Kier alpha value is -2.18. The van der Waals surface area contributed by atoms with Crippen molar-refractivity contribution in [1.29, 1.82) is 0 Å². The highest BCUT2D eigenvalue weighted by molar-refractivity contribution is 6.01. The molecular weight excluding hydrogens is 258 g/mol. The van der Waals surface area contributed by atoms with Crippen LogP contribution in [0.15, 0.2) is 29.4 Å². The molecule has 1 amide bonds. The maximum Gasteiger partial charge on any atom is 0.427 e. The van der Waals surface area contributed by atoms with Gasteiger partial charge in [0.2, 0.25) is 0 Å². The number of rotatable bonds is 5. The van der Waals surface area contributed by atoms with Crippen LogP contribution in [0.5, 0.6) is 5.75 Å². The average Bonchev–Trinajstić information content (AvgIpc) is 2.36. The number of halogens is 2. The van der Waals surface area contributed by atoms with Gasteiger partial charge in [-0.05, 0) is 26.0 Å². The lowest BCUT2D eigenvalue weighted by atomic mass is 10.1. The largest absolute Gasteiger partial charge is 0.449 e. The van der Waals surface area contributed by atoms with Crippen molar-refractivity contribution < 1.29 is 23.0 Å². The fourth-order valence-electron chi connectivity index (χ4n) is 1.32. The minimum atomic E-state index is -2.92. The van der Waals surface area contributed by atoms with Crippen molar-refractivity contribution in [3.05, 3.63) is 29.8 Å². The van der Waals surface area contributed by atoms with Crippen LogP contribution in [0.4, 0.5) is 13.6 Å². The van der Waals surface area contributed by atoms with Crippen molar-refractivity contribution in [2.24, 2.45) is 5.10 Å². The second-order valence-electron chi connectivity index (χ2n) is 3.40. The number of benzene rings is 1. The Kier molecular flexibility index (Phi) is 5.72. The van der Waals surface area contributed by atoms with E-state index < -0.39 is 12.7 Å². The highest BCUT2D eigenvalue weighted by atomic mass is 19.3. The molecule has 1 aromatic carbocycles. The molecule has 0 unspecified atom stereocenters. The zero-order valence-corrected chi connectivity index (χ0v) is 10.5. The van der Waals surface area contributed by atoms with Crippen molar-refractivity contribution in [3.8, 4) is 5.75 Å². The quantitative estimate of drug-likeness (QED) is 0.662. The summed E-state index contributed by atoms with van der Waals surface area (Å²) < 4.78 is 33.4. The van der Waals surface area contributed by atoms with Gasteiger partial charge in [-0.15, -0.1) is 0 Å². The summed E-state index contributed by atoms with van der Waals surface area (Å²) in [6.07, 6.45) is -0.714. The van der Waals surface area contributed by atoms with E-state index in [1.165, 1.54) is 6.07 Å². The van der Waals surface area contributed by atoms with Crippen molar-refractivity contribution in [2.45, 2.75) is 20.5 Å². The molecule has 0 aliphatic heterocycles. The summed E-state index contributed by atoms with van der Waals surface area (Å²) in [7, 11) is 0. The van der Waals surface area contributed by atoms with E-state index in [9.17, 15) is 13.6 Å². The number of para-hydroxylation sites is 1. The Bertz CT molecular complexity index is 464. The number of ether oxygens (including phenoxy) is 2. The number of hydrazone groups is 1. The minimum absolute atomic E-state index is 0.00981. The topological polar surface area (TPSA) is 59.9 Å². The second kappa shape index (κ2) is 7.30. The first-order valence-electron chi connectivity index (χ1n) is 5.55. The average molecular weight is 272 g/mol. The highest BCUT2D eigenvalue weighted by Crippen LogP contribution is 2.20. The molecule has 1 aromatic rings. The molecule has 1 rings (SSSR count). The number of amides is 1. The third kappa shape index (κ3) is 4.90. The molecule has 0 spiro atoms. The molecule has 0 aliphatic rings. The van der Waals surface area contributed by atoms with Gasteiger partial charge in [-0.25, -0.2) is 10.2 Å². The molecule has 0 aromatic heterocycles. The van der Waals surface area contributed by atoms with Gasteiger partial charge in [0.15, 0.2) is 0 Å². The van der Waals surface area contributed by atoms with Crippen molar-refractivity contribution in [2.75, 3.05) is 6.61 Å². The number of hydrogen-bond acceptors (Lipinski definition) is 4. The van der Waals surface area contributed by atoms with E-state index in [0.29, 0.717) is 11.3 Å². The number of carbonyl (C=O) groups is 1. The number of alkyl halides is 2. The van der Waals surface area contributed by atoms with Crippen molar-refractivity contribution >= 4 is 11.8 Å². The van der Waals surface area contributed by atoms with Crippen LogP contribution >= 0.6 is 0 Å².